The lowest BCUT2D eigenvalue weighted by Crippen LogP contribution is -2.30. The molecule has 128 valence electrons. The van der Waals surface area contributed by atoms with Crippen LogP contribution >= 0.6 is 0 Å². The van der Waals surface area contributed by atoms with Crippen LogP contribution in [0.2, 0.25) is 0 Å². The zero-order chi connectivity index (χ0) is 17.1. The highest BCUT2D eigenvalue weighted by molar-refractivity contribution is 5.82. The van der Waals surface area contributed by atoms with Crippen LogP contribution in [-0.4, -0.2) is 35.9 Å². The van der Waals surface area contributed by atoms with Crippen LogP contribution in [0.5, 0.6) is 0 Å². The monoisotopic (exact) mass is 337 g/mol. The minimum Gasteiger partial charge on any atom is -0.351 e. The van der Waals surface area contributed by atoms with E-state index in [2.05, 4.69) is 25.9 Å². The molecule has 0 fully saturated rings. The first-order chi connectivity index (χ1) is 12.3. The number of nitrogens with one attached hydrogen (secondary N) is 1. The first kappa shape index (κ1) is 15.5. The molecule has 0 bridgehead atoms. The van der Waals surface area contributed by atoms with Crippen molar-refractivity contribution in [3.05, 3.63) is 54.1 Å². The Morgan fingerprint density at radius 3 is 3.00 bits per heavy atom. The van der Waals surface area contributed by atoms with Gasteiger partial charge in [0.1, 0.15) is 0 Å². The molecule has 0 spiro atoms. The summed E-state index contributed by atoms with van der Waals surface area (Å²) in [6.45, 7) is 1.21. The summed E-state index contributed by atoms with van der Waals surface area (Å²) in [5.74, 6) is 0.335. The number of carbonyl (C=O) groups is 1. The maximum Gasteiger partial charge on any atom is 0.231 e. The molecule has 2 aromatic heterocycles. The molecule has 25 heavy (non-hydrogen) atoms. The predicted octanol–water partition coefficient (Wildman–Crippen LogP) is 1.44. The molecule has 1 atom stereocenters. The normalized spacial score (nSPS) is 16.9. The minimum absolute atomic E-state index is 0.0367. The van der Waals surface area contributed by atoms with Gasteiger partial charge in [-0.3, -0.25) is 4.79 Å². The van der Waals surface area contributed by atoms with Gasteiger partial charge in [0.15, 0.2) is 5.82 Å². The average molecular weight is 337 g/mol. The fourth-order valence-electron chi connectivity index (χ4n) is 3.09. The van der Waals surface area contributed by atoms with Crippen molar-refractivity contribution in [2.45, 2.75) is 38.3 Å². The molecule has 8 heteroatoms. The van der Waals surface area contributed by atoms with Crippen molar-refractivity contribution >= 4 is 5.91 Å². The van der Waals surface area contributed by atoms with Crippen LogP contribution < -0.4 is 5.32 Å². The number of carbonyl (C=O) groups excluding carboxylic acids is 1. The van der Waals surface area contributed by atoms with E-state index >= 15 is 0 Å². The van der Waals surface area contributed by atoms with E-state index in [0.717, 1.165) is 37.1 Å². The van der Waals surface area contributed by atoms with Crippen LogP contribution in [0.25, 0.3) is 5.69 Å². The summed E-state index contributed by atoms with van der Waals surface area (Å²) in [5.41, 5.74) is 1.94. The van der Waals surface area contributed by atoms with Crippen LogP contribution in [-0.2, 0) is 17.9 Å². The van der Waals surface area contributed by atoms with Gasteiger partial charge >= 0.3 is 0 Å². The van der Waals surface area contributed by atoms with Gasteiger partial charge in [-0.1, -0.05) is 24.6 Å². The van der Waals surface area contributed by atoms with Crippen molar-refractivity contribution in [1.29, 1.82) is 0 Å². The SMILES string of the molecule is O=C(NCc1cnn(-c2ccccc2)c1)[C@H]1CCCCn2nnnc21. The van der Waals surface area contributed by atoms with Gasteiger partial charge < -0.3 is 5.32 Å². The fraction of sp³-hybridized carbons (Fsp3) is 0.353. The molecule has 1 amide bonds. The van der Waals surface area contributed by atoms with Crippen molar-refractivity contribution in [3.63, 3.8) is 0 Å². The Labute approximate surface area is 144 Å². The highest BCUT2D eigenvalue weighted by Gasteiger charge is 2.28. The Bertz CT molecular complexity index is 855. The van der Waals surface area contributed by atoms with E-state index in [9.17, 15) is 4.79 Å². The molecule has 0 saturated heterocycles. The number of fused-ring (bicyclic) bond motifs is 1. The standard InChI is InChI=1S/C17H19N7O/c25-17(15-8-4-5-9-23-16(15)20-21-22-23)18-10-13-11-19-24(12-13)14-6-2-1-3-7-14/h1-3,6-7,11-12,15H,4-5,8-10H2,(H,18,25)/t15-/m0/s1. The first-order valence-corrected chi connectivity index (χ1v) is 8.44. The number of hydrogen-bond acceptors (Lipinski definition) is 5. The molecular formula is C17H19N7O. The number of hydrogen-bond donors (Lipinski definition) is 1. The van der Waals surface area contributed by atoms with Crippen LogP contribution in [0.3, 0.4) is 0 Å². The second-order valence-corrected chi connectivity index (χ2v) is 6.16. The van der Waals surface area contributed by atoms with Gasteiger partial charge in [0.25, 0.3) is 0 Å². The third-order valence-corrected chi connectivity index (χ3v) is 4.42. The van der Waals surface area contributed by atoms with Crippen LogP contribution in [0.4, 0.5) is 0 Å². The summed E-state index contributed by atoms with van der Waals surface area (Å²) in [5, 5.41) is 19.1. The van der Waals surface area contributed by atoms with E-state index < -0.39 is 0 Å². The Morgan fingerprint density at radius 2 is 2.12 bits per heavy atom. The molecule has 1 N–H and O–H groups in total. The highest BCUT2D eigenvalue weighted by atomic mass is 16.1. The maximum absolute atomic E-state index is 12.6. The molecule has 8 nitrogen and oxygen atoms in total. The van der Waals surface area contributed by atoms with Gasteiger partial charge in [-0.15, -0.1) is 5.10 Å². The van der Waals surface area contributed by atoms with Crippen molar-refractivity contribution < 1.29 is 4.79 Å². The Kier molecular flexibility index (Phi) is 4.24. The van der Waals surface area contributed by atoms with Crippen molar-refractivity contribution in [2.24, 2.45) is 0 Å². The van der Waals surface area contributed by atoms with Gasteiger partial charge in [-0.25, -0.2) is 9.36 Å². The van der Waals surface area contributed by atoms with Gasteiger partial charge in [0.05, 0.1) is 17.8 Å². The molecule has 0 aliphatic carbocycles. The number of rotatable bonds is 4. The van der Waals surface area contributed by atoms with Gasteiger partial charge in [-0.2, -0.15) is 5.10 Å². The molecule has 0 unspecified atom stereocenters. The second-order valence-electron chi connectivity index (χ2n) is 6.16. The fourth-order valence-corrected chi connectivity index (χ4v) is 3.09. The Hall–Kier alpha value is -3.03. The summed E-state index contributed by atoms with van der Waals surface area (Å²) in [6, 6.07) is 9.87. The summed E-state index contributed by atoms with van der Waals surface area (Å²) >= 11 is 0. The molecule has 3 heterocycles. The van der Waals surface area contributed by atoms with Gasteiger partial charge in [-0.05, 0) is 35.4 Å². The molecule has 0 saturated carbocycles. The number of para-hydroxylation sites is 1. The number of aryl methyl sites for hydroxylation is 1. The quantitative estimate of drug-likeness (QED) is 0.778. The number of benzene rings is 1. The molecule has 1 aromatic carbocycles. The summed E-state index contributed by atoms with van der Waals surface area (Å²) in [4.78, 5) is 12.6. The van der Waals surface area contributed by atoms with Crippen LogP contribution in [0, 0.1) is 0 Å². The highest BCUT2D eigenvalue weighted by Crippen LogP contribution is 2.24. The smallest absolute Gasteiger partial charge is 0.231 e. The maximum atomic E-state index is 12.6. The van der Waals surface area contributed by atoms with E-state index in [-0.39, 0.29) is 11.8 Å². The largest absolute Gasteiger partial charge is 0.351 e. The van der Waals surface area contributed by atoms with E-state index in [1.165, 1.54) is 0 Å². The van der Waals surface area contributed by atoms with Crippen LogP contribution in [0.15, 0.2) is 42.7 Å². The molecule has 4 rings (SSSR count). The molecular weight excluding hydrogens is 318 g/mol. The number of nitrogens with zero attached hydrogens (tertiary/aromatic N) is 6. The van der Waals surface area contributed by atoms with E-state index in [4.69, 9.17) is 0 Å². The van der Waals surface area contributed by atoms with Crippen molar-refractivity contribution in [3.8, 4) is 5.69 Å². The molecule has 1 aliphatic heterocycles. The zero-order valence-corrected chi connectivity index (χ0v) is 13.7. The lowest BCUT2D eigenvalue weighted by Gasteiger charge is -2.12. The predicted molar refractivity (Wildman–Crippen MR) is 89.8 cm³/mol. The summed E-state index contributed by atoms with van der Waals surface area (Å²) in [6.07, 6.45) is 6.44. The first-order valence-electron chi connectivity index (χ1n) is 8.44. The minimum atomic E-state index is -0.290. The summed E-state index contributed by atoms with van der Waals surface area (Å²) in [7, 11) is 0. The third kappa shape index (κ3) is 3.28. The lowest BCUT2D eigenvalue weighted by molar-refractivity contribution is -0.123. The molecule has 1 aliphatic rings. The van der Waals surface area contributed by atoms with E-state index in [1.807, 2.05) is 36.5 Å². The number of aromatic nitrogens is 6. The van der Waals surface area contributed by atoms with Gasteiger partial charge in [0.2, 0.25) is 5.91 Å². The van der Waals surface area contributed by atoms with Crippen molar-refractivity contribution in [2.75, 3.05) is 0 Å². The lowest BCUT2D eigenvalue weighted by atomic mass is 10.0. The Balaban J connectivity index is 1.42. The molecule has 0 radical (unpaired) electrons. The van der Waals surface area contributed by atoms with Crippen molar-refractivity contribution in [1.82, 2.24) is 35.3 Å². The topological polar surface area (TPSA) is 90.5 Å². The summed E-state index contributed by atoms with van der Waals surface area (Å²) < 4.78 is 3.54. The van der Waals surface area contributed by atoms with E-state index in [0.29, 0.717) is 12.4 Å². The Morgan fingerprint density at radius 1 is 1.24 bits per heavy atom. The zero-order valence-electron chi connectivity index (χ0n) is 13.7. The number of tetrazole rings is 1. The third-order valence-electron chi connectivity index (χ3n) is 4.42. The van der Waals surface area contributed by atoms with E-state index in [1.54, 1.807) is 15.6 Å². The average Bonchev–Trinajstić information content (AvgIpc) is 3.26. The number of amides is 1. The van der Waals surface area contributed by atoms with Crippen LogP contribution in [0.1, 0.15) is 36.6 Å². The second kappa shape index (κ2) is 6.84. The molecule has 3 aromatic rings. The van der Waals surface area contributed by atoms with Gasteiger partial charge in [0, 0.05) is 24.8 Å².